The third-order valence-electron chi connectivity index (χ3n) is 2.22. The Kier molecular flexibility index (Phi) is 3.38. The Bertz CT molecular complexity index is 344. The van der Waals surface area contributed by atoms with Crippen LogP contribution in [-0.4, -0.2) is 27.7 Å². The topological polar surface area (TPSA) is 38.0 Å². The molecule has 0 amide bonds. The SMILES string of the molecule is Cc1nn(CC(F)(F)F)c(C)c1CCO. The number of aromatic nitrogens is 2. The molecule has 1 aromatic rings. The van der Waals surface area contributed by atoms with E-state index in [1.807, 2.05) is 0 Å². The fourth-order valence-corrected chi connectivity index (χ4v) is 1.53. The van der Waals surface area contributed by atoms with Gasteiger partial charge < -0.3 is 5.11 Å². The van der Waals surface area contributed by atoms with Crippen molar-refractivity contribution in [1.82, 2.24) is 9.78 Å². The summed E-state index contributed by atoms with van der Waals surface area (Å²) in [6.45, 7) is 2.06. The van der Waals surface area contributed by atoms with Crippen molar-refractivity contribution < 1.29 is 18.3 Å². The highest BCUT2D eigenvalue weighted by Gasteiger charge is 2.29. The van der Waals surface area contributed by atoms with E-state index in [4.69, 9.17) is 5.11 Å². The van der Waals surface area contributed by atoms with E-state index in [9.17, 15) is 13.2 Å². The second-order valence-corrected chi connectivity index (χ2v) is 3.40. The zero-order valence-corrected chi connectivity index (χ0v) is 8.60. The smallest absolute Gasteiger partial charge is 0.396 e. The van der Waals surface area contributed by atoms with E-state index < -0.39 is 12.7 Å². The molecule has 1 N–H and O–H groups in total. The van der Waals surface area contributed by atoms with Gasteiger partial charge in [-0.15, -0.1) is 0 Å². The number of aryl methyl sites for hydroxylation is 1. The van der Waals surface area contributed by atoms with Gasteiger partial charge in [0.1, 0.15) is 6.54 Å². The molecule has 1 heterocycles. The zero-order chi connectivity index (χ0) is 11.6. The third-order valence-corrected chi connectivity index (χ3v) is 2.22. The normalized spacial score (nSPS) is 12.1. The highest BCUT2D eigenvalue weighted by molar-refractivity contribution is 5.24. The van der Waals surface area contributed by atoms with Crippen molar-refractivity contribution in [2.45, 2.75) is 33.0 Å². The lowest BCUT2D eigenvalue weighted by molar-refractivity contribution is -0.142. The summed E-state index contributed by atoms with van der Waals surface area (Å²) in [5.74, 6) is 0. The van der Waals surface area contributed by atoms with Gasteiger partial charge in [0.15, 0.2) is 0 Å². The lowest BCUT2D eigenvalue weighted by Crippen LogP contribution is -2.19. The Balaban J connectivity index is 2.96. The number of hydrogen-bond donors (Lipinski definition) is 1. The lowest BCUT2D eigenvalue weighted by Gasteiger charge is -2.08. The van der Waals surface area contributed by atoms with Crippen molar-refractivity contribution in [2.24, 2.45) is 0 Å². The standard InChI is InChI=1S/C9H13F3N2O/c1-6-8(3-4-15)7(2)14(13-6)5-9(10,11)12/h15H,3-5H2,1-2H3. The Labute approximate surface area is 85.5 Å². The molecule has 0 unspecified atom stereocenters. The van der Waals surface area contributed by atoms with E-state index in [0.29, 0.717) is 23.4 Å². The Morgan fingerprint density at radius 1 is 1.33 bits per heavy atom. The number of hydrogen-bond acceptors (Lipinski definition) is 2. The molecule has 0 aliphatic rings. The first kappa shape index (κ1) is 12.0. The molecule has 0 fully saturated rings. The van der Waals surface area contributed by atoms with Gasteiger partial charge >= 0.3 is 6.18 Å². The molecule has 0 bridgehead atoms. The maximum atomic E-state index is 12.1. The summed E-state index contributed by atoms with van der Waals surface area (Å²) < 4.78 is 37.3. The molecule has 0 aliphatic heterocycles. The molecule has 0 aromatic carbocycles. The van der Waals surface area contributed by atoms with Gasteiger partial charge in [-0.25, -0.2) is 0 Å². The average Bonchev–Trinajstić information content (AvgIpc) is 2.30. The van der Waals surface area contributed by atoms with Gasteiger partial charge in [-0.1, -0.05) is 0 Å². The number of halogens is 3. The van der Waals surface area contributed by atoms with Crippen molar-refractivity contribution in [3.05, 3.63) is 17.0 Å². The van der Waals surface area contributed by atoms with Crippen LogP contribution in [0.1, 0.15) is 17.0 Å². The zero-order valence-electron chi connectivity index (χ0n) is 8.60. The van der Waals surface area contributed by atoms with E-state index in [-0.39, 0.29) is 6.61 Å². The van der Waals surface area contributed by atoms with Crippen LogP contribution in [0.4, 0.5) is 13.2 Å². The molecule has 1 aromatic heterocycles. The van der Waals surface area contributed by atoms with Gasteiger partial charge in [0.25, 0.3) is 0 Å². The summed E-state index contributed by atoms with van der Waals surface area (Å²) in [7, 11) is 0. The van der Waals surface area contributed by atoms with Gasteiger partial charge in [-0.3, -0.25) is 4.68 Å². The molecule has 15 heavy (non-hydrogen) atoms. The summed E-state index contributed by atoms with van der Waals surface area (Å²) in [5.41, 5.74) is 1.71. The van der Waals surface area contributed by atoms with Gasteiger partial charge in [0.05, 0.1) is 5.69 Å². The minimum atomic E-state index is -4.26. The maximum Gasteiger partial charge on any atom is 0.408 e. The van der Waals surface area contributed by atoms with E-state index in [1.54, 1.807) is 13.8 Å². The Morgan fingerprint density at radius 3 is 2.40 bits per heavy atom. The van der Waals surface area contributed by atoms with Crippen molar-refractivity contribution in [3.63, 3.8) is 0 Å². The second-order valence-electron chi connectivity index (χ2n) is 3.40. The summed E-state index contributed by atoms with van der Waals surface area (Å²) in [6.07, 6.45) is -3.92. The molecule has 0 radical (unpaired) electrons. The van der Waals surface area contributed by atoms with E-state index >= 15 is 0 Å². The first-order valence-electron chi connectivity index (χ1n) is 4.55. The Morgan fingerprint density at radius 2 is 1.93 bits per heavy atom. The minimum Gasteiger partial charge on any atom is -0.396 e. The highest BCUT2D eigenvalue weighted by atomic mass is 19.4. The van der Waals surface area contributed by atoms with Gasteiger partial charge in [0.2, 0.25) is 0 Å². The van der Waals surface area contributed by atoms with Crippen LogP contribution in [-0.2, 0) is 13.0 Å². The second kappa shape index (κ2) is 4.22. The first-order valence-corrected chi connectivity index (χ1v) is 4.55. The van der Waals surface area contributed by atoms with Crippen LogP contribution in [0.3, 0.4) is 0 Å². The first-order chi connectivity index (χ1) is 6.85. The molecule has 3 nitrogen and oxygen atoms in total. The Hall–Kier alpha value is -1.04. The van der Waals surface area contributed by atoms with Crippen molar-refractivity contribution >= 4 is 0 Å². The van der Waals surface area contributed by atoms with Crippen LogP contribution >= 0.6 is 0 Å². The van der Waals surface area contributed by atoms with Crippen LogP contribution in [0.25, 0.3) is 0 Å². The monoisotopic (exact) mass is 222 g/mol. The number of aliphatic hydroxyl groups excluding tert-OH is 1. The molecule has 6 heteroatoms. The number of nitrogens with zero attached hydrogens (tertiary/aromatic N) is 2. The van der Waals surface area contributed by atoms with Crippen LogP contribution in [0, 0.1) is 13.8 Å². The predicted molar refractivity (Wildman–Crippen MR) is 48.5 cm³/mol. The largest absolute Gasteiger partial charge is 0.408 e. The van der Waals surface area contributed by atoms with Gasteiger partial charge in [-0.05, 0) is 25.8 Å². The van der Waals surface area contributed by atoms with Gasteiger partial charge in [0, 0.05) is 12.3 Å². The maximum absolute atomic E-state index is 12.1. The molecule has 86 valence electrons. The number of aliphatic hydroxyl groups is 1. The van der Waals surface area contributed by atoms with Gasteiger partial charge in [-0.2, -0.15) is 18.3 Å². The predicted octanol–water partition coefficient (Wildman–Crippen LogP) is 1.60. The van der Waals surface area contributed by atoms with Crippen molar-refractivity contribution in [3.8, 4) is 0 Å². The summed E-state index contributed by atoms with van der Waals surface area (Å²) in [5, 5.41) is 12.6. The molecular formula is C9H13F3N2O. The molecule has 0 saturated carbocycles. The molecule has 0 spiro atoms. The summed E-state index contributed by atoms with van der Waals surface area (Å²) >= 11 is 0. The van der Waals surface area contributed by atoms with Crippen molar-refractivity contribution in [1.29, 1.82) is 0 Å². The number of alkyl halides is 3. The van der Waals surface area contributed by atoms with Crippen LogP contribution in [0.5, 0.6) is 0 Å². The van der Waals surface area contributed by atoms with E-state index in [1.165, 1.54) is 0 Å². The quantitative estimate of drug-likeness (QED) is 0.843. The molecule has 0 saturated heterocycles. The summed E-state index contributed by atoms with van der Waals surface area (Å²) in [6, 6.07) is 0. The average molecular weight is 222 g/mol. The minimum absolute atomic E-state index is 0.0839. The highest BCUT2D eigenvalue weighted by Crippen LogP contribution is 2.21. The van der Waals surface area contributed by atoms with Crippen LogP contribution < -0.4 is 0 Å². The molecule has 0 aliphatic carbocycles. The molecular weight excluding hydrogens is 209 g/mol. The summed E-state index contributed by atoms with van der Waals surface area (Å²) in [4.78, 5) is 0. The van der Waals surface area contributed by atoms with Crippen molar-refractivity contribution in [2.75, 3.05) is 6.61 Å². The fraction of sp³-hybridized carbons (Fsp3) is 0.667. The van der Waals surface area contributed by atoms with E-state index in [2.05, 4.69) is 5.10 Å². The van der Waals surface area contributed by atoms with Crippen LogP contribution in [0.15, 0.2) is 0 Å². The van der Waals surface area contributed by atoms with Crippen LogP contribution in [0.2, 0.25) is 0 Å². The molecule has 0 atom stereocenters. The third kappa shape index (κ3) is 2.95. The fourth-order valence-electron chi connectivity index (χ4n) is 1.53. The molecule has 1 rings (SSSR count). The lowest BCUT2D eigenvalue weighted by atomic mass is 10.1. The number of rotatable bonds is 3. The van der Waals surface area contributed by atoms with E-state index in [0.717, 1.165) is 4.68 Å².